The third kappa shape index (κ3) is 2.71. The van der Waals surface area contributed by atoms with Gasteiger partial charge in [0.2, 0.25) is 0 Å². The molecule has 0 bridgehead atoms. The molecule has 0 saturated heterocycles. The standard InChI is InChI=1S/C14H17NO4/c1-8(15-9(2)14(16)17)12-7-10-5-4-6-11(18-3)13(10)19-12/h4-9,15H,1-3H3,(H,16,17). The van der Waals surface area contributed by atoms with Gasteiger partial charge >= 0.3 is 5.97 Å². The Hall–Kier alpha value is -2.01. The molecule has 0 saturated carbocycles. The van der Waals surface area contributed by atoms with Crippen molar-refractivity contribution >= 4 is 16.9 Å². The SMILES string of the molecule is COc1cccc2cc(C(C)NC(C)C(=O)O)oc12. The minimum Gasteiger partial charge on any atom is -0.493 e. The fourth-order valence-electron chi connectivity index (χ4n) is 1.96. The summed E-state index contributed by atoms with van der Waals surface area (Å²) in [5, 5.41) is 12.8. The van der Waals surface area contributed by atoms with Crippen LogP contribution in [0.1, 0.15) is 25.6 Å². The minimum absolute atomic E-state index is 0.191. The Balaban J connectivity index is 2.28. The van der Waals surface area contributed by atoms with Crippen LogP contribution in [0, 0.1) is 0 Å². The number of rotatable bonds is 5. The van der Waals surface area contributed by atoms with Gasteiger partial charge in [-0.2, -0.15) is 0 Å². The topological polar surface area (TPSA) is 71.7 Å². The van der Waals surface area contributed by atoms with Crippen molar-refractivity contribution in [3.8, 4) is 5.75 Å². The molecular weight excluding hydrogens is 246 g/mol. The highest BCUT2D eigenvalue weighted by Crippen LogP contribution is 2.30. The second-order valence-corrected chi connectivity index (χ2v) is 4.48. The van der Waals surface area contributed by atoms with Crippen LogP contribution < -0.4 is 10.1 Å². The summed E-state index contributed by atoms with van der Waals surface area (Å²) in [6.45, 7) is 3.46. The second kappa shape index (κ2) is 5.32. The van der Waals surface area contributed by atoms with Gasteiger partial charge in [-0.1, -0.05) is 12.1 Å². The van der Waals surface area contributed by atoms with Gasteiger partial charge < -0.3 is 14.3 Å². The van der Waals surface area contributed by atoms with Crippen LogP contribution in [-0.2, 0) is 4.79 Å². The molecule has 2 N–H and O–H groups in total. The number of carboxylic acids is 1. The van der Waals surface area contributed by atoms with Crippen LogP contribution in [0.15, 0.2) is 28.7 Å². The van der Waals surface area contributed by atoms with Crippen LogP contribution >= 0.6 is 0 Å². The van der Waals surface area contributed by atoms with Crippen molar-refractivity contribution in [3.63, 3.8) is 0 Å². The first-order valence-corrected chi connectivity index (χ1v) is 6.08. The monoisotopic (exact) mass is 263 g/mol. The fraction of sp³-hybridized carbons (Fsp3) is 0.357. The zero-order valence-electron chi connectivity index (χ0n) is 11.1. The number of hydrogen-bond donors (Lipinski definition) is 2. The fourth-order valence-corrected chi connectivity index (χ4v) is 1.96. The van der Waals surface area contributed by atoms with Gasteiger partial charge in [0.25, 0.3) is 0 Å². The van der Waals surface area contributed by atoms with Gasteiger partial charge in [0, 0.05) is 5.39 Å². The van der Waals surface area contributed by atoms with Crippen LogP contribution in [0.4, 0.5) is 0 Å². The quantitative estimate of drug-likeness (QED) is 0.867. The van der Waals surface area contributed by atoms with Gasteiger partial charge in [0.1, 0.15) is 11.8 Å². The molecule has 2 rings (SSSR count). The Morgan fingerprint density at radius 3 is 2.79 bits per heavy atom. The van der Waals surface area contributed by atoms with Crippen LogP contribution in [0.25, 0.3) is 11.0 Å². The van der Waals surface area contributed by atoms with E-state index in [0.717, 1.165) is 5.39 Å². The number of ether oxygens (including phenoxy) is 1. The lowest BCUT2D eigenvalue weighted by molar-refractivity contribution is -0.139. The van der Waals surface area contributed by atoms with Crippen molar-refractivity contribution in [1.29, 1.82) is 0 Å². The number of para-hydroxylation sites is 1. The molecule has 1 heterocycles. The summed E-state index contributed by atoms with van der Waals surface area (Å²) in [4.78, 5) is 10.8. The largest absolute Gasteiger partial charge is 0.493 e. The van der Waals surface area contributed by atoms with Crippen LogP contribution in [0.5, 0.6) is 5.75 Å². The summed E-state index contributed by atoms with van der Waals surface area (Å²) < 4.78 is 11.0. The maximum Gasteiger partial charge on any atom is 0.320 e. The van der Waals surface area contributed by atoms with Gasteiger partial charge in [-0.15, -0.1) is 0 Å². The molecule has 1 aromatic heterocycles. The number of hydrogen-bond acceptors (Lipinski definition) is 4. The van der Waals surface area contributed by atoms with Crippen LogP contribution in [-0.4, -0.2) is 24.2 Å². The zero-order chi connectivity index (χ0) is 14.0. The summed E-state index contributed by atoms with van der Waals surface area (Å²) in [5.41, 5.74) is 0.677. The highest BCUT2D eigenvalue weighted by molar-refractivity contribution is 5.83. The number of furan rings is 1. The van der Waals surface area contributed by atoms with Crippen molar-refractivity contribution in [2.24, 2.45) is 0 Å². The number of fused-ring (bicyclic) bond motifs is 1. The van der Waals surface area contributed by atoms with E-state index in [2.05, 4.69) is 5.32 Å². The maximum absolute atomic E-state index is 10.8. The number of aliphatic carboxylic acids is 1. The number of carboxylic acid groups (broad SMARTS) is 1. The molecule has 1 aromatic carbocycles. The lowest BCUT2D eigenvalue weighted by atomic mass is 10.2. The Kier molecular flexibility index (Phi) is 3.76. The average molecular weight is 263 g/mol. The second-order valence-electron chi connectivity index (χ2n) is 4.48. The van der Waals surface area contributed by atoms with Gasteiger partial charge in [-0.25, -0.2) is 0 Å². The smallest absolute Gasteiger partial charge is 0.320 e. The highest BCUT2D eigenvalue weighted by atomic mass is 16.5. The predicted octanol–water partition coefficient (Wildman–Crippen LogP) is 2.57. The molecule has 2 aromatic rings. The van der Waals surface area contributed by atoms with Gasteiger partial charge in [0.05, 0.1) is 13.2 Å². The first kappa shape index (κ1) is 13.4. The molecule has 0 aliphatic rings. The first-order chi connectivity index (χ1) is 9.02. The third-order valence-corrected chi connectivity index (χ3v) is 3.04. The zero-order valence-corrected chi connectivity index (χ0v) is 11.1. The molecule has 5 heteroatoms. The number of methoxy groups -OCH3 is 1. The molecule has 0 fully saturated rings. The normalized spacial score (nSPS) is 14.3. The van der Waals surface area contributed by atoms with Gasteiger partial charge in [-0.3, -0.25) is 10.1 Å². The van der Waals surface area contributed by atoms with Crippen molar-refractivity contribution in [2.75, 3.05) is 7.11 Å². The predicted molar refractivity (Wildman–Crippen MR) is 71.4 cm³/mol. The van der Waals surface area contributed by atoms with E-state index in [0.29, 0.717) is 17.1 Å². The van der Waals surface area contributed by atoms with E-state index in [1.807, 2.05) is 31.2 Å². The van der Waals surface area contributed by atoms with Crippen molar-refractivity contribution in [2.45, 2.75) is 25.9 Å². The van der Waals surface area contributed by atoms with Gasteiger partial charge in [0.15, 0.2) is 11.3 Å². The van der Waals surface area contributed by atoms with E-state index >= 15 is 0 Å². The third-order valence-electron chi connectivity index (χ3n) is 3.04. The summed E-state index contributed by atoms with van der Waals surface area (Å²) in [6.07, 6.45) is 0. The Morgan fingerprint density at radius 1 is 1.42 bits per heavy atom. The van der Waals surface area contributed by atoms with E-state index in [9.17, 15) is 4.79 Å². The lowest BCUT2D eigenvalue weighted by Crippen LogP contribution is -2.35. The molecule has 19 heavy (non-hydrogen) atoms. The maximum atomic E-state index is 10.8. The summed E-state index contributed by atoms with van der Waals surface area (Å²) >= 11 is 0. The minimum atomic E-state index is -0.888. The van der Waals surface area contributed by atoms with Crippen molar-refractivity contribution < 1.29 is 19.1 Å². The number of nitrogens with one attached hydrogen (secondary N) is 1. The Labute approximate surface area is 111 Å². The molecule has 0 spiro atoms. The molecule has 0 aliphatic heterocycles. The first-order valence-electron chi connectivity index (χ1n) is 6.08. The van der Waals surface area contributed by atoms with E-state index in [4.69, 9.17) is 14.3 Å². The number of benzene rings is 1. The van der Waals surface area contributed by atoms with E-state index in [1.165, 1.54) is 0 Å². The van der Waals surface area contributed by atoms with E-state index in [1.54, 1.807) is 14.0 Å². The molecule has 0 radical (unpaired) electrons. The van der Waals surface area contributed by atoms with Gasteiger partial charge in [-0.05, 0) is 26.0 Å². The van der Waals surface area contributed by atoms with Crippen molar-refractivity contribution in [3.05, 3.63) is 30.0 Å². The molecule has 0 amide bonds. The summed E-state index contributed by atoms with van der Waals surface area (Å²) in [7, 11) is 1.59. The molecule has 2 unspecified atom stereocenters. The molecule has 2 atom stereocenters. The summed E-state index contributed by atoms with van der Waals surface area (Å²) in [5.74, 6) is 0.468. The van der Waals surface area contributed by atoms with Crippen LogP contribution in [0.2, 0.25) is 0 Å². The molecule has 102 valence electrons. The average Bonchev–Trinajstić information content (AvgIpc) is 2.82. The number of carbonyl (C=O) groups is 1. The van der Waals surface area contributed by atoms with Crippen LogP contribution in [0.3, 0.4) is 0 Å². The molecule has 0 aliphatic carbocycles. The molecular formula is C14H17NO4. The van der Waals surface area contributed by atoms with Crippen molar-refractivity contribution in [1.82, 2.24) is 5.32 Å². The summed E-state index contributed by atoms with van der Waals surface area (Å²) in [6, 6.07) is 6.71. The Bertz CT molecular complexity index is 590. The lowest BCUT2D eigenvalue weighted by Gasteiger charge is -2.14. The highest BCUT2D eigenvalue weighted by Gasteiger charge is 2.18. The van der Waals surface area contributed by atoms with E-state index in [-0.39, 0.29) is 6.04 Å². The molecule has 5 nitrogen and oxygen atoms in total. The van der Waals surface area contributed by atoms with E-state index < -0.39 is 12.0 Å². The Morgan fingerprint density at radius 2 is 2.16 bits per heavy atom.